The third kappa shape index (κ3) is 11.0. The monoisotopic (exact) mass is 698 g/mol. The molecule has 0 spiro atoms. The molecular weight excluding hydrogens is 667 g/mol. The van der Waals surface area contributed by atoms with Crippen molar-refractivity contribution in [2.75, 3.05) is 0 Å². The molecule has 49 heavy (non-hydrogen) atoms. The molecule has 0 radical (unpaired) electrons. The maximum absolute atomic E-state index is 12.4. The number of benzene rings is 3. The van der Waals surface area contributed by atoms with Crippen LogP contribution in [0.25, 0.3) is 11.1 Å². The van der Waals surface area contributed by atoms with Crippen LogP contribution in [0.1, 0.15) is 62.6 Å². The molecule has 0 bridgehead atoms. The molecule has 0 fully saturated rings. The van der Waals surface area contributed by atoms with Gasteiger partial charge in [0, 0.05) is 0 Å². The smallest absolute Gasteiger partial charge is 0.305 e. The number of aryl methyl sites for hydroxylation is 1. The molecule has 5 rings (SSSR count). The molecule has 0 aliphatic rings. The van der Waals surface area contributed by atoms with Crippen LogP contribution in [-0.4, -0.2) is 43.9 Å². The number of aromatic nitrogens is 2. The lowest BCUT2D eigenvalue weighted by atomic mass is 9.98. The summed E-state index contributed by atoms with van der Waals surface area (Å²) in [7, 11) is 0. The Kier molecular flexibility index (Phi) is 13.0. The van der Waals surface area contributed by atoms with Gasteiger partial charge in [0.05, 0.1) is 24.9 Å². The fraction of sp³-hybridized carbons (Fsp3) is 0.135. The summed E-state index contributed by atoms with van der Waals surface area (Å²) in [6, 6.07) is 32.7. The number of halogens is 2. The van der Waals surface area contributed by atoms with E-state index in [2.05, 4.69) is 20.6 Å². The summed E-state index contributed by atoms with van der Waals surface area (Å²) in [6.07, 6.45) is -0.450. The fourth-order valence-corrected chi connectivity index (χ4v) is 5.22. The van der Waals surface area contributed by atoms with E-state index in [1.165, 1.54) is 12.1 Å². The lowest BCUT2D eigenvalue weighted by molar-refractivity contribution is -0.138. The van der Waals surface area contributed by atoms with E-state index in [1.807, 2.05) is 73.7 Å². The highest BCUT2D eigenvalue weighted by Crippen LogP contribution is 2.24. The van der Waals surface area contributed by atoms with Gasteiger partial charge in [0.1, 0.15) is 21.7 Å². The van der Waals surface area contributed by atoms with E-state index in [-0.39, 0.29) is 34.5 Å². The molecule has 12 heteroatoms. The number of hydrogen-bond donors (Lipinski definition) is 4. The van der Waals surface area contributed by atoms with E-state index in [4.69, 9.17) is 28.3 Å². The summed E-state index contributed by atoms with van der Waals surface area (Å²) in [5, 5.41) is 24.1. The Bertz CT molecular complexity index is 1920. The minimum absolute atomic E-state index is 0.138. The predicted molar refractivity (Wildman–Crippen MR) is 186 cm³/mol. The first-order valence-electron chi connectivity index (χ1n) is 15.0. The highest BCUT2D eigenvalue weighted by atomic mass is 35.5. The first-order valence-corrected chi connectivity index (χ1v) is 15.8. The molecule has 0 aliphatic carbocycles. The van der Waals surface area contributed by atoms with Gasteiger partial charge in [0.25, 0.3) is 11.8 Å². The summed E-state index contributed by atoms with van der Waals surface area (Å²) in [5.41, 5.74) is 4.73. The largest absolute Gasteiger partial charge is 0.481 e. The number of carbonyl (C=O) groups is 4. The fourth-order valence-electron chi connectivity index (χ4n) is 4.89. The Labute approximate surface area is 292 Å². The van der Waals surface area contributed by atoms with Crippen molar-refractivity contribution in [2.45, 2.75) is 31.8 Å². The zero-order valence-electron chi connectivity index (χ0n) is 26.2. The average Bonchev–Trinajstić information content (AvgIpc) is 3.08. The first kappa shape index (κ1) is 36.3. The molecule has 2 atom stereocenters. The molecule has 1 unspecified atom stereocenters. The number of carbonyl (C=O) groups excluding carboxylic acids is 2. The van der Waals surface area contributed by atoms with Crippen LogP contribution in [0.4, 0.5) is 0 Å². The van der Waals surface area contributed by atoms with E-state index in [0.29, 0.717) is 5.56 Å². The van der Waals surface area contributed by atoms with Gasteiger partial charge in [0.15, 0.2) is 0 Å². The number of pyridine rings is 2. The maximum atomic E-state index is 12.4. The lowest BCUT2D eigenvalue weighted by Crippen LogP contribution is -2.31. The van der Waals surface area contributed by atoms with Gasteiger partial charge >= 0.3 is 11.9 Å². The normalized spacial score (nSPS) is 11.7. The number of rotatable bonds is 11. The topological polar surface area (TPSA) is 159 Å². The molecule has 3 aromatic carbocycles. The lowest BCUT2D eigenvalue weighted by Gasteiger charge is -2.19. The van der Waals surface area contributed by atoms with E-state index in [0.717, 1.165) is 22.3 Å². The van der Waals surface area contributed by atoms with Crippen LogP contribution in [0.5, 0.6) is 0 Å². The minimum atomic E-state index is -1.01. The van der Waals surface area contributed by atoms with Crippen LogP contribution < -0.4 is 10.6 Å². The van der Waals surface area contributed by atoms with Gasteiger partial charge in [-0.15, -0.1) is 0 Å². The molecule has 2 aromatic heterocycles. The van der Waals surface area contributed by atoms with Crippen molar-refractivity contribution >= 4 is 47.0 Å². The van der Waals surface area contributed by atoms with Gasteiger partial charge in [-0.25, -0.2) is 9.97 Å². The van der Waals surface area contributed by atoms with Gasteiger partial charge in [-0.2, -0.15) is 0 Å². The molecule has 2 amide bonds. The average molecular weight is 700 g/mol. The van der Waals surface area contributed by atoms with Crippen molar-refractivity contribution in [3.8, 4) is 11.1 Å². The molecular formula is C37H32Cl2N4O6. The third-order valence-electron chi connectivity index (χ3n) is 7.25. The van der Waals surface area contributed by atoms with Crippen LogP contribution in [0, 0.1) is 6.92 Å². The van der Waals surface area contributed by atoms with Crippen molar-refractivity contribution in [2.24, 2.45) is 0 Å². The third-order valence-corrected chi connectivity index (χ3v) is 7.67. The number of amides is 2. The number of carboxylic acids is 2. The molecule has 0 aliphatic heterocycles. The van der Waals surface area contributed by atoms with Gasteiger partial charge in [-0.1, -0.05) is 114 Å². The second-order valence-corrected chi connectivity index (χ2v) is 11.6. The van der Waals surface area contributed by atoms with Crippen LogP contribution in [-0.2, 0) is 9.59 Å². The maximum Gasteiger partial charge on any atom is 0.305 e. The van der Waals surface area contributed by atoms with Crippen LogP contribution in [0.15, 0.2) is 115 Å². The molecule has 250 valence electrons. The van der Waals surface area contributed by atoms with Crippen LogP contribution in [0.3, 0.4) is 0 Å². The number of hydrogen-bond acceptors (Lipinski definition) is 6. The van der Waals surface area contributed by atoms with Crippen molar-refractivity contribution in [3.05, 3.63) is 154 Å². The van der Waals surface area contributed by atoms with E-state index in [9.17, 15) is 24.3 Å². The Morgan fingerprint density at radius 3 is 1.57 bits per heavy atom. The SMILES string of the molecule is Cc1ccccc1[C@H](CC(=O)O)NC(=O)c1cccc(Cl)n1.O=C(O)CC(NC(=O)c1cccc(Cl)n1)c1ccc(-c2ccccc2)cc1. The minimum Gasteiger partial charge on any atom is -0.481 e. The Hall–Kier alpha value is -5.58. The predicted octanol–water partition coefficient (Wildman–Crippen LogP) is 7.34. The summed E-state index contributed by atoms with van der Waals surface area (Å²) in [5.74, 6) is -2.94. The first-order chi connectivity index (χ1) is 23.5. The molecule has 5 aromatic rings. The standard InChI is InChI=1S/C21H17ClN2O3.C16H15ClN2O3/c22-19-8-4-7-17(23-19)21(27)24-18(13-20(25)26)16-11-9-15(10-12-16)14-5-2-1-3-6-14;1-10-5-2-3-6-11(10)13(9-15(20)21)19-16(22)12-7-4-8-14(17)18-12/h1-12,18H,13H2,(H,24,27)(H,25,26);2-8,13H,9H2,1H3,(H,19,22)(H,20,21)/t;13-/m.0/s1. The zero-order valence-corrected chi connectivity index (χ0v) is 27.7. The zero-order chi connectivity index (χ0) is 35.3. The van der Waals surface area contributed by atoms with Crippen molar-refractivity contribution in [1.82, 2.24) is 20.6 Å². The molecule has 0 saturated heterocycles. The quantitative estimate of drug-likeness (QED) is 0.104. The van der Waals surface area contributed by atoms with Crippen LogP contribution in [0.2, 0.25) is 10.3 Å². The highest BCUT2D eigenvalue weighted by Gasteiger charge is 2.22. The number of carboxylic acid groups (broad SMARTS) is 2. The Morgan fingerprint density at radius 1 is 0.592 bits per heavy atom. The number of nitrogens with zero attached hydrogens (tertiary/aromatic N) is 2. The van der Waals surface area contributed by atoms with Crippen molar-refractivity contribution in [1.29, 1.82) is 0 Å². The summed E-state index contributed by atoms with van der Waals surface area (Å²) in [6.45, 7) is 1.87. The van der Waals surface area contributed by atoms with Crippen molar-refractivity contribution in [3.63, 3.8) is 0 Å². The summed E-state index contributed by atoms with van der Waals surface area (Å²) in [4.78, 5) is 54.9. The summed E-state index contributed by atoms with van der Waals surface area (Å²) >= 11 is 11.6. The highest BCUT2D eigenvalue weighted by molar-refractivity contribution is 6.29. The second kappa shape index (κ2) is 17.5. The molecule has 10 nitrogen and oxygen atoms in total. The van der Waals surface area contributed by atoms with E-state index in [1.54, 1.807) is 36.4 Å². The Morgan fingerprint density at radius 2 is 1.06 bits per heavy atom. The second-order valence-electron chi connectivity index (χ2n) is 10.8. The molecule has 2 heterocycles. The number of aliphatic carboxylic acids is 2. The van der Waals surface area contributed by atoms with Crippen LogP contribution >= 0.6 is 23.2 Å². The van der Waals surface area contributed by atoms with Gasteiger partial charge < -0.3 is 20.8 Å². The molecule has 0 saturated carbocycles. The summed E-state index contributed by atoms with van der Waals surface area (Å²) < 4.78 is 0. The van der Waals surface area contributed by atoms with E-state index < -0.39 is 35.8 Å². The van der Waals surface area contributed by atoms with E-state index >= 15 is 0 Å². The van der Waals surface area contributed by atoms with Gasteiger partial charge in [0.2, 0.25) is 0 Å². The van der Waals surface area contributed by atoms with Gasteiger partial charge in [-0.3, -0.25) is 19.2 Å². The van der Waals surface area contributed by atoms with Crippen molar-refractivity contribution < 1.29 is 29.4 Å². The van der Waals surface area contributed by atoms with Gasteiger partial charge in [-0.05, 0) is 59.0 Å². The number of nitrogens with one attached hydrogen (secondary N) is 2. The molecule has 4 N–H and O–H groups in total. The Balaban J connectivity index is 0.000000226.